The van der Waals surface area contributed by atoms with Crippen LogP contribution >= 0.6 is 0 Å². The Labute approximate surface area is 89.3 Å². The Morgan fingerprint density at radius 1 is 1.38 bits per heavy atom. The summed E-state index contributed by atoms with van der Waals surface area (Å²) < 4.78 is 5.98. The van der Waals surface area contributed by atoms with Crippen molar-refractivity contribution in [2.24, 2.45) is 5.41 Å². The summed E-state index contributed by atoms with van der Waals surface area (Å²) in [5.41, 5.74) is -0.323. The van der Waals surface area contributed by atoms with Crippen LogP contribution in [-0.2, 0) is 9.63 Å². The van der Waals surface area contributed by atoms with Crippen LogP contribution in [0.3, 0.4) is 0 Å². The van der Waals surface area contributed by atoms with Crippen LogP contribution in [0.25, 0.3) is 0 Å². The molecule has 0 fully saturated rings. The SMILES string of the molecule is CCO[N](C(=O)C(C)(C)C)[In]([CH3])[CH3]. The number of rotatable bonds is 3. The fraction of sp³-hybridized carbons (Fsp3) is 0.889. The molecule has 4 heteroatoms. The predicted molar refractivity (Wildman–Crippen MR) is 55.4 cm³/mol. The molecule has 0 aliphatic heterocycles. The molecule has 76 valence electrons. The fourth-order valence-electron chi connectivity index (χ4n) is 0.912. The first-order valence-electron chi connectivity index (χ1n) is 4.77. The second-order valence-electron chi connectivity index (χ2n) is 4.39. The molecule has 0 heterocycles. The molecule has 3 nitrogen and oxygen atoms in total. The number of hydroxylamine groups is 1. The van der Waals surface area contributed by atoms with Gasteiger partial charge in [0, 0.05) is 0 Å². The second kappa shape index (κ2) is 5.25. The van der Waals surface area contributed by atoms with E-state index < -0.39 is 21.7 Å². The van der Waals surface area contributed by atoms with Crippen molar-refractivity contribution in [3.8, 4) is 0 Å². The summed E-state index contributed by atoms with van der Waals surface area (Å²) in [6.07, 6.45) is 0. The van der Waals surface area contributed by atoms with Gasteiger partial charge in [-0.05, 0) is 0 Å². The Bertz CT molecular complexity index is 175. The quantitative estimate of drug-likeness (QED) is 0.744. The number of amides is 1. The van der Waals surface area contributed by atoms with Crippen LogP contribution in [0, 0.1) is 5.41 Å². The molecule has 0 bridgehead atoms. The molecule has 1 amide bonds. The zero-order valence-electron chi connectivity index (χ0n) is 9.55. The van der Waals surface area contributed by atoms with Gasteiger partial charge in [0.05, 0.1) is 0 Å². The van der Waals surface area contributed by atoms with E-state index in [1.165, 1.54) is 0 Å². The van der Waals surface area contributed by atoms with Crippen molar-refractivity contribution >= 4 is 27.6 Å². The monoisotopic (exact) mass is 289 g/mol. The molecule has 0 aromatic carbocycles. The maximum atomic E-state index is 11.8. The Morgan fingerprint density at radius 3 is 2.08 bits per heavy atom. The molecule has 0 radical (unpaired) electrons. The maximum absolute atomic E-state index is 11.8. The van der Waals surface area contributed by atoms with Crippen molar-refractivity contribution in [1.82, 2.24) is 3.05 Å². The molecule has 0 unspecified atom stereocenters. The van der Waals surface area contributed by atoms with Gasteiger partial charge in [-0.15, -0.1) is 0 Å². The standard InChI is InChI=1S/C7H15NO2.2CH3.In/c1-5-10-8-6(9)7(2,3)4;;;/h5H2,1-4H3,(H,8,9);2*1H3;/q;;;+1/p-1. The summed E-state index contributed by atoms with van der Waals surface area (Å²) in [6.45, 7) is 8.27. The summed E-state index contributed by atoms with van der Waals surface area (Å²) in [5, 5.41) is 0. The van der Waals surface area contributed by atoms with E-state index in [0.29, 0.717) is 6.61 Å². The van der Waals surface area contributed by atoms with Gasteiger partial charge in [0.1, 0.15) is 0 Å². The van der Waals surface area contributed by atoms with E-state index in [4.69, 9.17) is 4.84 Å². The zero-order valence-corrected chi connectivity index (χ0v) is 12.8. The molecule has 0 spiro atoms. The van der Waals surface area contributed by atoms with Gasteiger partial charge in [-0.25, -0.2) is 0 Å². The van der Waals surface area contributed by atoms with Crippen molar-refractivity contribution in [2.45, 2.75) is 37.1 Å². The summed E-state index contributed by atoms with van der Waals surface area (Å²) in [5.74, 6) is 0.125. The number of carbonyl (C=O) groups excluding carboxylic acids is 1. The van der Waals surface area contributed by atoms with E-state index in [2.05, 4.69) is 9.36 Å². The van der Waals surface area contributed by atoms with E-state index >= 15 is 0 Å². The molecule has 0 N–H and O–H groups in total. The fourth-order valence-corrected chi connectivity index (χ4v) is 4.63. The summed E-state index contributed by atoms with van der Waals surface area (Å²) >= 11 is -1.86. The topological polar surface area (TPSA) is 29.5 Å². The average molecular weight is 289 g/mol. The Morgan fingerprint density at radius 2 is 1.85 bits per heavy atom. The normalized spacial score (nSPS) is 11.2. The first-order chi connectivity index (χ1) is 5.80. The molecule has 0 aromatic rings. The molecule has 0 rings (SSSR count). The van der Waals surface area contributed by atoms with Gasteiger partial charge >= 0.3 is 89.4 Å². The number of hydrogen-bond donors (Lipinski definition) is 0. The van der Waals surface area contributed by atoms with E-state index in [1.807, 2.05) is 27.7 Å². The number of nitrogens with zero attached hydrogens (tertiary/aromatic N) is 1. The van der Waals surface area contributed by atoms with Crippen LogP contribution in [0.4, 0.5) is 0 Å². The number of carbonyl (C=O) groups is 1. The van der Waals surface area contributed by atoms with E-state index in [0.717, 1.165) is 0 Å². The van der Waals surface area contributed by atoms with Gasteiger partial charge in [-0.3, -0.25) is 0 Å². The van der Waals surface area contributed by atoms with Crippen LogP contribution in [0.15, 0.2) is 0 Å². The van der Waals surface area contributed by atoms with Crippen molar-refractivity contribution in [1.29, 1.82) is 0 Å². The minimum absolute atomic E-state index is 0.125. The molecule has 0 saturated heterocycles. The van der Waals surface area contributed by atoms with Crippen LogP contribution < -0.4 is 0 Å². The molecular formula is C9H20InNO2. The second-order valence-corrected chi connectivity index (χ2v) is 12.0. The zero-order chi connectivity index (χ0) is 10.6. The third-order valence-electron chi connectivity index (χ3n) is 1.58. The van der Waals surface area contributed by atoms with Crippen LogP contribution in [0.2, 0.25) is 9.36 Å². The van der Waals surface area contributed by atoms with Crippen LogP contribution in [-0.4, -0.2) is 37.3 Å². The molecule has 13 heavy (non-hydrogen) atoms. The van der Waals surface area contributed by atoms with E-state index in [9.17, 15) is 4.79 Å². The van der Waals surface area contributed by atoms with Crippen molar-refractivity contribution in [3.63, 3.8) is 0 Å². The Kier molecular flexibility index (Phi) is 5.37. The summed E-state index contributed by atoms with van der Waals surface area (Å²) in [6, 6.07) is 0. The van der Waals surface area contributed by atoms with E-state index in [1.54, 1.807) is 3.05 Å². The van der Waals surface area contributed by atoms with Crippen molar-refractivity contribution in [3.05, 3.63) is 0 Å². The molecular weight excluding hydrogens is 269 g/mol. The van der Waals surface area contributed by atoms with Gasteiger partial charge in [0.25, 0.3) is 0 Å². The molecule has 0 saturated carbocycles. The average Bonchev–Trinajstić information content (AvgIpc) is 1.96. The molecule has 0 aliphatic rings. The van der Waals surface area contributed by atoms with Gasteiger partial charge in [-0.2, -0.15) is 0 Å². The molecule has 0 atom stereocenters. The van der Waals surface area contributed by atoms with Gasteiger partial charge in [-0.1, -0.05) is 0 Å². The molecule has 0 aliphatic carbocycles. The van der Waals surface area contributed by atoms with Crippen LogP contribution in [0.5, 0.6) is 0 Å². The van der Waals surface area contributed by atoms with Gasteiger partial charge in [0.2, 0.25) is 0 Å². The first-order valence-corrected chi connectivity index (χ1v) is 12.8. The van der Waals surface area contributed by atoms with Gasteiger partial charge in [0.15, 0.2) is 0 Å². The number of hydrogen-bond acceptors (Lipinski definition) is 2. The predicted octanol–water partition coefficient (Wildman–Crippen LogP) is 2.06. The van der Waals surface area contributed by atoms with Gasteiger partial charge < -0.3 is 0 Å². The van der Waals surface area contributed by atoms with Crippen molar-refractivity contribution < 1.29 is 9.63 Å². The Hall–Kier alpha value is 0.300. The van der Waals surface area contributed by atoms with E-state index in [-0.39, 0.29) is 11.3 Å². The first kappa shape index (κ1) is 13.3. The van der Waals surface area contributed by atoms with Crippen LogP contribution in [0.1, 0.15) is 27.7 Å². The summed E-state index contributed by atoms with van der Waals surface area (Å²) in [7, 11) is 0. The third kappa shape index (κ3) is 4.36. The minimum atomic E-state index is -1.86. The summed E-state index contributed by atoms with van der Waals surface area (Å²) in [4.78, 5) is 17.2. The van der Waals surface area contributed by atoms with Crippen molar-refractivity contribution in [2.75, 3.05) is 6.61 Å². The Balaban J connectivity index is 4.47. The third-order valence-corrected chi connectivity index (χ3v) is 5.35. The molecule has 0 aromatic heterocycles.